The van der Waals surface area contributed by atoms with E-state index in [1.165, 1.54) is 23.1 Å². The first-order chi connectivity index (χ1) is 14.8. The predicted octanol–water partition coefficient (Wildman–Crippen LogP) is 3.16. The molecule has 5 nitrogen and oxygen atoms in total. The van der Waals surface area contributed by atoms with Crippen LogP contribution in [0.25, 0.3) is 0 Å². The molecular formula is C25H34N4O. The number of likely N-dealkylation sites (tertiary alicyclic amines) is 1. The fraction of sp³-hybridized carbons (Fsp3) is 0.480. The van der Waals surface area contributed by atoms with Crippen LogP contribution in [0.4, 0.5) is 0 Å². The normalized spacial score (nSPS) is 20.5. The van der Waals surface area contributed by atoms with Crippen LogP contribution in [0.1, 0.15) is 23.1 Å². The number of morpholine rings is 1. The lowest BCUT2D eigenvalue weighted by atomic mass is 9.99. The summed E-state index contributed by atoms with van der Waals surface area (Å²) < 4.78 is 5.49. The lowest BCUT2D eigenvalue weighted by molar-refractivity contribution is 0.0341. The molecule has 0 aromatic heterocycles. The van der Waals surface area contributed by atoms with E-state index < -0.39 is 0 Å². The maximum atomic E-state index is 5.49. The lowest BCUT2D eigenvalue weighted by Gasteiger charge is -2.28. The molecule has 160 valence electrons. The average Bonchev–Trinajstić information content (AvgIpc) is 3.25. The van der Waals surface area contributed by atoms with Gasteiger partial charge < -0.3 is 15.0 Å². The minimum Gasteiger partial charge on any atom is -0.379 e. The monoisotopic (exact) mass is 406 g/mol. The second-order valence-corrected chi connectivity index (χ2v) is 8.35. The van der Waals surface area contributed by atoms with Crippen LogP contribution >= 0.6 is 0 Å². The number of rotatable bonds is 6. The van der Waals surface area contributed by atoms with Crippen molar-refractivity contribution in [3.63, 3.8) is 0 Å². The Kier molecular flexibility index (Phi) is 7.38. The fourth-order valence-corrected chi connectivity index (χ4v) is 4.53. The van der Waals surface area contributed by atoms with Gasteiger partial charge in [-0.2, -0.15) is 0 Å². The zero-order valence-electron chi connectivity index (χ0n) is 18.1. The van der Waals surface area contributed by atoms with Crippen LogP contribution in [0.5, 0.6) is 0 Å². The second-order valence-electron chi connectivity index (χ2n) is 8.35. The molecule has 1 atom stereocenters. The molecule has 2 aliphatic heterocycles. The quantitative estimate of drug-likeness (QED) is 0.591. The SMILES string of the molecule is CN=C(NCc1ccccc1CN1CCOCC1)N1CCC(Cc2ccccc2)C1. The Bertz CT molecular complexity index is 817. The first-order valence-electron chi connectivity index (χ1n) is 11.2. The van der Waals surface area contributed by atoms with Gasteiger partial charge in [-0.15, -0.1) is 0 Å². The maximum absolute atomic E-state index is 5.49. The van der Waals surface area contributed by atoms with Gasteiger partial charge in [-0.05, 0) is 35.4 Å². The molecule has 2 fully saturated rings. The highest BCUT2D eigenvalue weighted by atomic mass is 16.5. The molecule has 0 aliphatic carbocycles. The van der Waals surface area contributed by atoms with Crippen molar-refractivity contribution in [2.75, 3.05) is 46.4 Å². The molecule has 30 heavy (non-hydrogen) atoms. The summed E-state index contributed by atoms with van der Waals surface area (Å²) in [5, 5.41) is 3.62. The zero-order valence-corrected chi connectivity index (χ0v) is 18.1. The van der Waals surface area contributed by atoms with Gasteiger partial charge in [0.2, 0.25) is 0 Å². The van der Waals surface area contributed by atoms with Crippen LogP contribution in [0.3, 0.4) is 0 Å². The van der Waals surface area contributed by atoms with Gasteiger partial charge in [0.1, 0.15) is 0 Å². The summed E-state index contributed by atoms with van der Waals surface area (Å²) in [6.07, 6.45) is 2.37. The Morgan fingerprint density at radius 3 is 2.50 bits per heavy atom. The third-order valence-electron chi connectivity index (χ3n) is 6.22. The highest BCUT2D eigenvalue weighted by Crippen LogP contribution is 2.21. The largest absolute Gasteiger partial charge is 0.379 e. The van der Waals surface area contributed by atoms with Crippen LogP contribution in [-0.4, -0.2) is 62.2 Å². The fourth-order valence-electron chi connectivity index (χ4n) is 4.53. The van der Waals surface area contributed by atoms with Crippen LogP contribution in [0, 0.1) is 5.92 Å². The number of hydrogen-bond acceptors (Lipinski definition) is 3. The highest BCUT2D eigenvalue weighted by Gasteiger charge is 2.25. The van der Waals surface area contributed by atoms with Crippen molar-refractivity contribution in [3.8, 4) is 0 Å². The third kappa shape index (κ3) is 5.61. The molecule has 1 N–H and O–H groups in total. The van der Waals surface area contributed by atoms with E-state index >= 15 is 0 Å². The summed E-state index contributed by atoms with van der Waals surface area (Å²) in [5.41, 5.74) is 4.18. The molecule has 0 radical (unpaired) electrons. The lowest BCUT2D eigenvalue weighted by Crippen LogP contribution is -2.40. The summed E-state index contributed by atoms with van der Waals surface area (Å²) in [4.78, 5) is 9.47. The maximum Gasteiger partial charge on any atom is 0.193 e. The molecule has 0 bridgehead atoms. The number of nitrogens with zero attached hydrogens (tertiary/aromatic N) is 3. The molecule has 2 aromatic carbocycles. The summed E-state index contributed by atoms with van der Waals surface area (Å²) in [6, 6.07) is 19.6. The highest BCUT2D eigenvalue weighted by molar-refractivity contribution is 5.80. The molecule has 2 heterocycles. The van der Waals surface area contributed by atoms with Gasteiger partial charge in [0.05, 0.1) is 13.2 Å². The Labute approximate surface area is 180 Å². The van der Waals surface area contributed by atoms with E-state index in [4.69, 9.17) is 4.74 Å². The number of ether oxygens (including phenoxy) is 1. The van der Waals surface area contributed by atoms with E-state index in [1.807, 2.05) is 7.05 Å². The van der Waals surface area contributed by atoms with Gasteiger partial charge >= 0.3 is 0 Å². The van der Waals surface area contributed by atoms with Gasteiger partial charge in [-0.25, -0.2) is 0 Å². The standard InChI is InChI=1S/C25H34N4O/c1-26-25(29-12-11-22(19-29)17-21-7-3-2-4-8-21)27-18-23-9-5-6-10-24(23)20-28-13-15-30-16-14-28/h2-10,22H,11-20H2,1H3,(H,26,27). The third-order valence-corrected chi connectivity index (χ3v) is 6.22. The summed E-state index contributed by atoms with van der Waals surface area (Å²) in [5.74, 6) is 1.71. The van der Waals surface area contributed by atoms with Crippen LogP contribution in [0.2, 0.25) is 0 Å². The number of aliphatic imine (C=N–C) groups is 1. The smallest absolute Gasteiger partial charge is 0.193 e. The number of benzene rings is 2. The molecule has 0 amide bonds. The first-order valence-corrected chi connectivity index (χ1v) is 11.2. The molecule has 2 aromatic rings. The average molecular weight is 407 g/mol. The van der Waals surface area contributed by atoms with Crippen molar-refractivity contribution in [1.82, 2.24) is 15.1 Å². The van der Waals surface area contributed by atoms with E-state index in [1.54, 1.807) is 0 Å². The number of hydrogen-bond donors (Lipinski definition) is 1. The van der Waals surface area contributed by atoms with Crippen molar-refractivity contribution < 1.29 is 4.74 Å². The molecule has 4 rings (SSSR count). The zero-order chi connectivity index (χ0) is 20.6. The van der Waals surface area contributed by atoms with E-state index in [2.05, 4.69) is 74.7 Å². The molecule has 2 aliphatic rings. The summed E-state index contributed by atoms with van der Waals surface area (Å²) in [6.45, 7) is 7.66. The minimum absolute atomic E-state index is 0.694. The Hall–Kier alpha value is -2.37. The van der Waals surface area contributed by atoms with Crippen molar-refractivity contribution >= 4 is 5.96 Å². The molecule has 0 saturated carbocycles. The number of guanidine groups is 1. The Balaban J connectivity index is 1.32. The minimum atomic E-state index is 0.694. The number of nitrogens with one attached hydrogen (secondary N) is 1. The van der Waals surface area contributed by atoms with Crippen LogP contribution in [-0.2, 0) is 24.2 Å². The molecule has 2 saturated heterocycles. The van der Waals surface area contributed by atoms with Crippen molar-refractivity contribution in [2.24, 2.45) is 10.9 Å². The predicted molar refractivity (Wildman–Crippen MR) is 123 cm³/mol. The van der Waals surface area contributed by atoms with E-state index in [0.717, 1.165) is 64.9 Å². The van der Waals surface area contributed by atoms with Gasteiger partial charge in [-0.1, -0.05) is 54.6 Å². The van der Waals surface area contributed by atoms with E-state index in [9.17, 15) is 0 Å². The van der Waals surface area contributed by atoms with E-state index in [0.29, 0.717) is 5.92 Å². The van der Waals surface area contributed by atoms with Gasteiger partial charge in [0.15, 0.2) is 5.96 Å². The molecular weight excluding hydrogens is 372 g/mol. The molecule has 0 spiro atoms. The van der Waals surface area contributed by atoms with Gasteiger partial charge in [0.25, 0.3) is 0 Å². The van der Waals surface area contributed by atoms with Crippen molar-refractivity contribution in [1.29, 1.82) is 0 Å². The first kappa shape index (κ1) is 20.9. The van der Waals surface area contributed by atoms with E-state index in [-0.39, 0.29) is 0 Å². The second kappa shape index (κ2) is 10.6. The summed E-state index contributed by atoms with van der Waals surface area (Å²) >= 11 is 0. The molecule has 5 heteroatoms. The van der Waals surface area contributed by atoms with Crippen molar-refractivity contribution in [3.05, 3.63) is 71.3 Å². The van der Waals surface area contributed by atoms with Crippen molar-refractivity contribution in [2.45, 2.75) is 25.9 Å². The van der Waals surface area contributed by atoms with Gasteiger partial charge in [-0.3, -0.25) is 9.89 Å². The molecule has 1 unspecified atom stereocenters. The van der Waals surface area contributed by atoms with Crippen LogP contribution < -0.4 is 5.32 Å². The summed E-state index contributed by atoms with van der Waals surface area (Å²) in [7, 11) is 1.90. The topological polar surface area (TPSA) is 40.1 Å². The Morgan fingerprint density at radius 2 is 1.73 bits per heavy atom. The van der Waals surface area contributed by atoms with Crippen LogP contribution in [0.15, 0.2) is 59.6 Å². The van der Waals surface area contributed by atoms with Gasteiger partial charge in [0, 0.05) is 46.3 Å². The Morgan fingerprint density at radius 1 is 1.00 bits per heavy atom.